The predicted molar refractivity (Wildman–Crippen MR) is 141 cm³/mol. The first-order valence-electron chi connectivity index (χ1n) is 12.5. The molecule has 0 unspecified atom stereocenters. The number of amides is 2. The molecule has 3 aromatic carbocycles. The van der Waals surface area contributed by atoms with Gasteiger partial charge in [0.2, 0.25) is 5.91 Å². The highest BCUT2D eigenvalue weighted by atomic mass is 19.4. The molecule has 4 aromatic rings. The second-order valence-corrected chi connectivity index (χ2v) is 9.27. The Kier molecular flexibility index (Phi) is 8.67. The maximum absolute atomic E-state index is 13.6. The maximum Gasteiger partial charge on any atom is 0.416 e. The number of carbonyl (C=O) groups is 2. The zero-order valence-electron chi connectivity index (χ0n) is 21.6. The zero-order valence-corrected chi connectivity index (χ0v) is 21.6. The molecule has 0 aliphatic rings. The molecule has 0 N–H and O–H groups in total. The summed E-state index contributed by atoms with van der Waals surface area (Å²) in [5.74, 6) is -1.74. The lowest BCUT2D eigenvalue weighted by atomic mass is 10.1. The van der Waals surface area contributed by atoms with Crippen molar-refractivity contribution in [3.63, 3.8) is 0 Å². The fourth-order valence-electron chi connectivity index (χ4n) is 4.27. The molecule has 0 atom stereocenters. The first kappa shape index (κ1) is 28.5. The monoisotopic (exact) mass is 554 g/mol. The van der Waals surface area contributed by atoms with E-state index in [1.807, 2.05) is 0 Å². The van der Waals surface area contributed by atoms with Crippen molar-refractivity contribution in [3.8, 4) is 0 Å². The molecule has 0 saturated carbocycles. The van der Waals surface area contributed by atoms with Crippen molar-refractivity contribution in [2.45, 2.75) is 32.6 Å². The van der Waals surface area contributed by atoms with Crippen LogP contribution in [-0.4, -0.2) is 34.7 Å². The summed E-state index contributed by atoms with van der Waals surface area (Å²) in [6, 6.07) is 16.2. The molecule has 1 aromatic heterocycles. The lowest BCUT2D eigenvalue weighted by molar-refractivity contribution is -0.137. The van der Waals surface area contributed by atoms with Crippen LogP contribution in [0.15, 0.2) is 88.3 Å². The third-order valence-electron chi connectivity index (χ3n) is 6.30. The number of alkyl halides is 3. The van der Waals surface area contributed by atoms with Gasteiger partial charge < -0.3 is 14.2 Å². The van der Waals surface area contributed by atoms with E-state index in [9.17, 15) is 31.9 Å². The van der Waals surface area contributed by atoms with Crippen molar-refractivity contribution in [2.24, 2.45) is 0 Å². The number of rotatable bonds is 9. The molecule has 208 valence electrons. The van der Waals surface area contributed by atoms with Crippen molar-refractivity contribution < 1.29 is 31.6 Å². The van der Waals surface area contributed by atoms with Gasteiger partial charge in [0.25, 0.3) is 5.91 Å². The van der Waals surface area contributed by atoms with Crippen molar-refractivity contribution in [3.05, 3.63) is 117 Å². The van der Waals surface area contributed by atoms with E-state index in [0.29, 0.717) is 23.0 Å². The quantitative estimate of drug-likeness (QED) is 0.237. The summed E-state index contributed by atoms with van der Waals surface area (Å²) in [5.41, 5.74) is -0.345. The Bertz CT molecular complexity index is 1560. The number of fused-ring (bicyclic) bond motifs is 1. The highest BCUT2D eigenvalue weighted by Gasteiger charge is 2.32. The van der Waals surface area contributed by atoms with Gasteiger partial charge in [-0.15, -0.1) is 0 Å². The van der Waals surface area contributed by atoms with Gasteiger partial charge in [-0.25, -0.2) is 4.39 Å². The second-order valence-electron chi connectivity index (χ2n) is 9.27. The van der Waals surface area contributed by atoms with Crippen molar-refractivity contribution in [1.82, 2.24) is 9.80 Å². The second kappa shape index (κ2) is 12.1. The zero-order chi connectivity index (χ0) is 28.9. The van der Waals surface area contributed by atoms with E-state index in [0.717, 1.165) is 18.2 Å². The van der Waals surface area contributed by atoms with Crippen LogP contribution in [0.3, 0.4) is 0 Å². The number of carbonyl (C=O) groups excluding carboxylic acids is 2. The van der Waals surface area contributed by atoms with Crippen LogP contribution in [0.4, 0.5) is 17.6 Å². The van der Waals surface area contributed by atoms with Crippen LogP contribution in [0.2, 0.25) is 0 Å². The third kappa shape index (κ3) is 6.74. The summed E-state index contributed by atoms with van der Waals surface area (Å²) in [4.78, 5) is 42.4. The highest BCUT2D eigenvalue weighted by Crippen LogP contribution is 2.30. The van der Waals surface area contributed by atoms with E-state index < -0.39 is 35.9 Å². The number of hydrogen-bond acceptors (Lipinski definition) is 4. The van der Waals surface area contributed by atoms with E-state index in [4.69, 9.17) is 4.42 Å². The number of hydrogen-bond donors (Lipinski definition) is 0. The molecule has 0 saturated heterocycles. The van der Waals surface area contributed by atoms with Crippen molar-refractivity contribution in [2.75, 3.05) is 13.1 Å². The number of para-hydroxylation sites is 1. The Morgan fingerprint density at radius 2 is 1.62 bits per heavy atom. The standard InChI is InChI=1S/C30H26F4N2O4/c1-2-14-35(29(39)21-6-5-7-23(15-21)30(32,33)34)18-27(37)36(16-20-10-12-24(31)13-11-20)17-22-19-40-26-9-4-3-8-25(26)28(22)38/h3-13,15,19H,2,14,16-18H2,1H3. The summed E-state index contributed by atoms with van der Waals surface area (Å²) < 4.78 is 58.7. The summed E-state index contributed by atoms with van der Waals surface area (Å²) >= 11 is 0. The van der Waals surface area contributed by atoms with Gasteiger partial charge in [0.1, 0.15) is 17.9 Å². The van der Waals surface area contributed by atoms with Gasteiger partial charge in [0.05, 0.1) is 29.3 Å². The largest absolute Gasteiger partial charge is 0.464 e. The van der Waals surface area contributed by atoms with Crippen LogP contribution >= 0.6 is 0 Å². The van der Waals surface area contributed by atoms with E-state index >= 15 is 0 Å². The average Bonchev–Trinajstić information content (AvgIpc) is 2.94. The van der Waals surface area contributed by atoms with Gasteiger partial charge in [-0.3, -0.25) is 14.4 Å². The minimum absolute atomic E-state index is 0.0108. The molecule has 4 rings (SSSR count). The van der Waals surface area contributed by atoms with Crippen molar-refractivity contribution in [1.29, 1.82) is 0 Å². The molecule has 0 fully saturated rings. The number of nitrogens with zero attached hydrogens (tertiary/aromatic N) is 2. The highest BCUT2D eigenvalue weighted by molar-refractivity contribution is 5.96. The molecule has 0 spiro atoms. The Hall–Kier alpha value is -4.47. The fourth-order valence-corrected chi connectivity index (χ4v) is 4.27. The van der Waals surface area contributed by atoms with E-state index in [-0.39, 0.29) is 36.2 Å². The van der Waals surface area contributed by atoms with Crippen LogP contribution < -0.4 is 5.43 Å². The Labute approximate surface area is 227 Å². The molecular formula is C30H26F4N2O4. The third-order valence-corrected chi connectivity index (χ3v) is 6.30. The molecule has 40 heavy (non-hydrogen) atoms. The topological polar surface area (TPSA) is 70.8 Å². The van der Waals surface area contributed by atoms with Gasteiger partial charge in [0.15, 0.2) is 5.43 Å². The summed E-state index contributed by atoms with van der Waals surface area (Å²) in [6.45, 7) is 1.27. The average molecular weight is 555 g/mol. The molecule has 2 amide bonds. The van der Waals surface area contributed by atoms with Gasteiger partial charge in [-0.05, 0) is 54.4 Å². The van der Waals surface area contributed by atoms with Gasteiger partial charge >= 0.3 is 6.18 Å². The lowest BCUT2D eigenvalue weighted by Gasteiger charge is -2.28. The SMILES string of the molecule is CCCN(CC(=O)N(Cc1ccc(F)cc1)Cc1coc2ccccc2c1=O)C(=O)c1cccc(C(F)(F)F)c1. The predicted octanol–water partition coefficient (Wildman–Crippen LogP) is 6.03. The molecule has 0 aliphatic heterocycles. The Balaban J connectivity index is 1.63. The summed E-state index contributed by atoms with van der Waals surface area (Å²) in [6.07, 6.45) is -2.91. The molecule has 0 bridgehead atoms. The molecule has 10 heteroatoms. The first-order chi connectivity index (χ1) is 19.1. The summed E-state index contributed by atoms with van der Waals surface area (Å²) in [7, 11) is 0. The molecule has 6 nitrogen and oxygen atoms in total. The minimum Gasteiger partial charge on any atom is -0.464 e. The number of halogens is 4. The normalized spacial score (nSPS) is 11.4. The Morgan fingerprint density at radius 1 is 0.900 bits per heavy atom. The van der Waals surface area contributed by atoms with E-state index in [1.165, 1.54) is 46.4 Å². The van der Waals surface area contributed by atoms with Crippen molar-refractivity contribution >= 4 is 22.8 Å². The van der Waals surface area contributed by atoms with Gasteiger partial charge in [-0.1, -0.05) is 37.3 Å². The van der Waals surface area contributed by atoms with E-state index in [2.05, 4.69) is 0 Å². The van der Waals surface area contributed by atoms with Crippen LogP contribution in [0.5, 0.6) is 0 Å². The fraction of sp³-hybridized carbons (Fsp3) is 0.233. The smallest absolute Gasteiger partial charge is 0.416 e. The van der Waals surface area contributed by atoms with Gasteiger partial charge in [-0.2, -0.15) is 13.2 Å². The number of benzene rings is 3. The first-order valence-corrected chi connectivity index (χ1v) is 12.5. The molecule has 1 heterocycles. The maximum atomic E-state index is 13.6. The minimum atomic E-state index is -4.63. The van der Waals surface area contributed by atoms with Crippen LogP contribution in [0.25, 0.3) is 11.0 Å². The van der Waals surface area contributed by atoms with Crippen LogP contribution in [0.1, 0.15) is 40.4 Å². The van der Waals surface area contributed by atoms with Crippen LogP contribution in [0, 0.1) is 5.82 Å². The Morgan fingerprint density at radius 3 is 2.33 bits per heavy atom. The molecular weight excluding hydrogens is 528 g/mol. The lowest BCUT2D eigenvalue weighted by Crippen LogP contribution is -2.43. The molecule has 0 radical (unpaired) electrons. The summed E-state index contributed by atoms with van der Waals surface area (Å²) in [5, 5.41) is 0.335. The van der Waals surface area contributed by atoms with Gasteiger partial charge in [0, 0.05) is 18.7 Å². The van der Waals surface area contributed by atoms with E-state index in [1.54, 1.807) is 31.2 Å². The molecule has 0 aliphatic carbocycles. The van der Waals surface area contributed by atoms with Crippen LogP contribution in [-0.2, 0) is 24.1 Å².